The van der Waals surface area contributed by atoms with Crippen LogP contribution in [0.5, 0.6) is 11.8 Å². The summed E-state index contributed by atoms with van der Waals surface area (Å²) in [5.41, 5.74) is 1.08. The number of hydrogen-bond donors (Lipinski definition) is 1. The third-order valence-corrected chi connectivity index (χ3v) is 5.12. The zero-order chi connectivity index (χ0) is 19.3. The number of carbonyl (C=O) groups excluding carboxylic acids is 1. The van der Waals surface area contributed by atoms with Crippen molar-refractivity contribution >= 4 is 16.8 Å². The molecule has 28 heavy (non-hydrogen) atoms. The van der Waals surface area contributed by atoms with Crippen molar-refractivity contribution in [2.45, 2.75) is 44.4 Å². The highest BCUT2D eigenvalue weighted by Gasteiger charge is 2.24. The maximum absolute atomic E-state index is 12.5. The Morgan fingerprint density at radius 2 is 1.93 bits per heavy atom. The molecule has 0 radical (unpaired) electrons. The van der Waals surface area contributed by atoms with Crippen LogP contribution in [-0.2, 0) is 11.3 Å². The van der Waals surface area contributed by atoms with Crippen LogP contribution in [0.1, 0.15) is 25.7 Å². The summed E-state index contributed by atoms with van der Waals surface area (Å²) in [6, 6.07) is 10.3. The monoisotopic (exact) mass is 380 g/mol. The molecular weight excluding hydrogens is 356 g/mol. The average Bonchev–Trinajstić information content (AvgIpc) is 3.12. The van der Waals surface area contributed by atoms with Crippen LogP contribution in [0, 0.1) is 0 Å². The zero-order valence-electron chi connectivity index (χ0n) is 15.9. The molecule has 1 amide bonds. The fourth-order valence-electron chi connectivity index (χ4n) is 3.69. The Hall–Kier alpha value is -3.09. The Bertz CT molecular complexity index is 947. The second-order valence-corrected chi connectivity index (χ2v) is 7.06. The summed E-state index contributed by atoms with van der Waals surface area (Å²) in [6.45, 7) is 0.337. The maximum Gasteiger partial charge on any atom is 0.240 e. The minimum absolute atomic E-state index is 0.0457. The van der Waals surface area contributed by atoms with Crippen molar-refractivity contribution in [3.8, 4) is 11.8 Å². The van der Waals surface area contributed by atoms with Gasteiger partial charge in [0.15, 0.2) is 0 Å². The van der Waals surface area contributed by atoms with Crippen molar-refractivity contribution in [1.29, 1.82) is 0 Å². The van der Waals surface area contributed by atoms with Gasteiger partial charge < -0.3 is 19.4 Å². The molecule has 0 bridgehead atoms. The Balaban J connectivity index is 1.26. The number of para-hydroxylation sites is 1. The number of aromatic nitrogens is 3. The summed E-state index contributed by atoms with van der Waals surface area (Å²) in [5.74, 6) is 0.965. The fraction of sp³-hybridized carbons (Fsp3) is 0.381. The summed E-state index contributed by atoms with van der Waals surface area (Å²) in [6.07, 6.45) is 8.71. The van der Waals surface area contributed by atoms with E-state index in [2.05, 4.69) is 21.4 Å². The summed E-state index contributed by atoms with van der Waals surface area (Å²) >= 11 is 0. The molecule has 1 aliphatic carbocycles. The first-order valence-corrected chi connectivity index (χ1v) is 9.57. The molecule has 1 saturated carbocycles. The van der Waals surface area contributed by atoms with Crippen molar-refractivity contribution in [2.24, 2.45) is 0 Å². The lowest BCUT2D eigenvalue weighted by atomic mass is 9.93. The van der Waals surface area contributed by atoms with Crippen molar-refractivity contribution in [3.63, 3.8) is 0 Å². The van der Waals surface area contributed by atoms with Crippen LogP contribution in [0.25, 0.3) is 10.9 Å². The molecule has 1 aromatic carbocycles. The van der Waals surface area contributed by atoms with E-state index in [1.54, 1.807) is 19.5 Å². The van der Waals surface area contributed by atoms with E-state index >= 15 is 0 Å². The van der Waals surface area contributed by atoms with Gasteiger partial charge in [0.05, 0.1) is 19.5 Å². The summed E-state index contributed by atoms with van der Waals surface area (Å²) in [7, 11) is 1.55. The van der Waals surface area contributed by atoms with Crippen LogP contribution in [0.4, 0.5) is 0 Å². The van der Waals surface area contributed by atoms with Crippen molar-refractivity contribution < 1.29 is 14.3 Å². The molecule has 1 N–H and O–H groups in total. The third kappa shape index (κ3) is 4.24. The van der Waals surface area contributed by atoms with Crippen LogP contribution >= 0.6 is 0 Å². The maximum atomic E-state index is 12.5. The Morgan fingerprint density at radius 1 is 1.14 bits per heavy atom. The SMILES string of the molecule is COc1cncc(OC2CCC(NC(=O)Cn3ccc4ccccc43)CC2)n1. The number of methoxy groups -OCH3 is 1. The highest BCUT2D eigenvalue weighted by molar-refractivity contribution is 5.83. The van der Waals surface area contributed by atoms with E-state index in [0.29, 0.717) is 18.3 Å². The Labute approximate surface area is 163 Å². The molecular formula is C21H24N4O3. The highest BCUT2D eigenvalue weighted by Crippen LogP contribution is 2.23. The molecule has 2 heterocycles. The molecule has 0 atom stereocenters. The van der Waals surface area contributed by atoms with Gasteiger partial charge in [0, 0.05) is 17.8 Å². The van der Waals surface area contributed by atoms with E-state index in [9.17, 15) is 4.79 Å². The first-order valence-electron chi connectivity index (χ1n) is 9.57. The van der Waals surface area contributed by atoms with Gasteiger partial charge in [-0.25, -0.2) is 0 Å². The molecule has 3 aromatic rings. The highest BCUT2D eigenvalue weighted by atomic mass is 16.5. The lowest BCUT2D eigenvalue weighted by molar-refractivity contribution is -0.122. The van der Waals surface area contributed by atoms with Gasteiger partial charge >= 0.3 is 0 Å². The molecule has 0 unspecified atom stereocenters. The van der Waals surface area contributed by atoms with Crippen LogP contribution in [-0.4, -0.2) is 39.7 Å². The number of fused-ring (bicyclic) bond motifs is 1. The first-order chi connectivity index (χ1) is 13.7. The minimum atomic E-state index is 0.0457. The quantitative estimate of drug-likeness (QED) is 0.711. The minimum Gasteiger partial charge on any atom is -0.480 e. The number of carbonyl (C=O) groups is 1. The number of ether oxygens (including phenoxy) is 2. The largest absolute Gasteiger partial charge is 0.480 e. The van der Waals surface area contributed by atoms with E-state index in [1.165, 1.54) is 0 Å². The smallest absolute Gasteiger partial charge is 0.240 e. The number of benzene rings is 1. The third-order valence-electron chi connectivity index (χ3n) is 5.12. The molecule has 0 spiro atoms. The van der Waals surface area contributed by atoms with Gasteiger partial charge in [-0.05, 0) is 43.2 Å². The standard InChI is InChI=1S/C21H24N4O3/c1-27-20-12-22-13-21(24-20)28-17-8-6-16(7-9-17)23-19(26)14-25-11-10-15-4-2-3-5-18(15)25/h2-5,10-13,16-17H,6-9,14H2,1H3,(H,23,26). The van der Waals surface area contributed by atoms with Gasteiger partial charge in [0.1, 0.15) is 12.6 Å². The fourth-order valence-corrected chi connectivity index (χ4v) is 3.69. The van der Waals surface area contributed by atoms with Crippen LogP contribution in [0.3, 0.4) is 0 Å². The zero-order valence-corrected chi connectivity index (χ0v) is 15.9. The van der Waals surface area contributed by atoms with Gasteiger partial charge in [-0.1, -0.05) is 18.2 Å². The van der Waals surface area contributed by atoms with Crippen molar-refractivity contribution in [2.75, 3.05) is 7.11 Å². The predicted octanol–water partition coefficient (Wildman–Crippen LogP) is 2.95. The van der Waals surface area contributed by atoms with E-state index in [0.717, 1.165) is 36.6 Å². The Kier molecular flexibility index (Phi) is 5.41. The van der Waals surface area contributed by atoms with Crippen molar-refractivity contribution in [1.82, 2.24) is 19.9 Å². The van der Waals surface area contributed by atoms with E-state index in [4.69, 9.17) is 9.47 Å². The predicted molar refractivity (Wildman–Crippen MR) is 105 cm³/mol. The molecule has 7 nitrogen and oxygen atoms in total. The number of hydrogen-bond acceptors (Lipinski definition) is 5. The van der Waals surface area contributed by atoms with Crippen LogP contribution in [0.15, 0.2) is 48.9 Å². The molecule has 2 aromatic heterocycles. The Morgan fingerprint density at radius 3 is 2.75 bits per heavy atom. The normalized spacial score (nSPS) is 19.3. The summed E-state index contributed by atoms with van der Waals surface area (Å²) in [5, 5.41) is 4.31. The second kappa shape index (κ2) is 8.29. The average molecular weight is 380 g/mol. The molecule has 146 valence electrons. The molecule has 1 fully saturated rings. The molecule has 4 rings (SSSR count). The molecule has 0 saturated heterocycles. The van der Waals surface area contributed by atoms with E-state index in [1.807, 2.05) is 35.0 Å². The van der Waals surface area contributed by atoms with E-state index in [-0.39, 0.29) is 18.1 Å². The van der Waals surface area contributed by atoms with E-state index < -0.39 is 0 Å². The lowest BCUT2D eigenvalue weighted by Crippen LogP contribution is -2.41. The van der Waals surface area contributed by atoms with Gasteiger partial charge in [-0.15, -0.1) is 0 Å². The van der Waals surface area contributed by atoms with Crippen LogP contribution in [0.2, 0.25) is 0 Å². The number of nitrogens with zero attached hydrogens (tertiary/aromatic N) is 3. The first kappa shape index (κ1) is 18.3. The molecule has 7 heteroatoms. The number of nitrogens with one attached hydrogen (secondary N) is 1. The number of rotatable bonds is 6. The van der Waals surface area contributed by atoms with Gasteiger partial charge in [-0.2, -0.15) is 4.98 Å². The molecule has 1 aliphatic rings. The topological polar surface area (TPSA) is 78.3 Å². The van der Waals surface area contributed by atoms with Crippen LogP contribution < -0.4 is 14.8 Å². The lowest BCUT2D eigenvalue weighted by Gasteiger charge is -2.29. The summed E-state index contributed by atoms with van der Waals surface area (Å²) in [4.78, 5) is 20.8. The number of amides is 1. The summed E-state index contributed by atoms with van der Waals surface area (Å²) < 4.78 is 13.0. The van der Waals surface area contributed by atoms with Gasteiger partial charge in [-0.3, -0.25) is 9.78 Å². The van der Waals surface area contributed by atoms with Gasteiger partial charge in [0.25, 0.3) is 0 Å². The second-order valence-electron chi connectivity index (χ2n) is 7.06. The van der Waals surface area contributed by atoms with Crippen molar-refractivity contribution in [3.05, 3.63) is 48.9 Å². The molecule has 0 aliphatic heterocycles. The van der Waals surface area contributed by atoms with Gasteiger partial charge in [0.2, 0.25) is 17.7 Å².